The molecule has 3 unspecified atom stereocenters. The van der Waals surface area contributed by atoms with Gasteiger partial charge in [0.15, 0.2) is 5.60 Å². The Kier molecular flexibility index (Phi) is 4.91. The van der Waals surface area contributed by atoms with E-state index in [1.807, 2.05) is 11.9 Å². The molecular weight excluding hydrogens is 222 g/mol. The second kappa shape index (κ2) is 5.80. The summed E-state index contributed by atoms with van der Waals surface area (Å²) in [5.41, 5.74) is -1.53. The van der Waals surface area contributed by atoms with Crippen LogP contribution in [0.4, 0.5) is 0 Å². The summed E-state index contributed by atoms with van der Waals surface area (Å²) in [6.07, 6.45) is 3.43. The topological polar surface area (TPSA) is 70.0 Å². The molecule has 1 aliphatic carbocycles. The zero-order valence-electron chi connectivity index (χ0n) is 10.8. The molecule has 0 radical (unpaired) electrons. The minimum atomic E-state index is -1.53. The number of carbonyl (C=O) groups is 1. The van der Waals surface area contributed by atoms with Gasteiger partial charge in [-0.2, -0.15) is 0 Å². The minimum absolute atomic E-state index is 0.0138. The molecular formula is C12H23NO4. The van der Waals surface area contributed by atoms with Crippen LogP contribution in [-0.4, -0.2) is 59.5 Å². The number of ether oxygens (including phenoxy) is 1. The van der Waals surface area contributed by atoms with Crippen molar-refractivity contribution in [3.8, 4) is 0 Å². The van der Waals surface area contributed by atoms with Gasteiger partial charge >= 0.3 is 5.97 Å². The fourth-order valence-corrected chi connectivity index (χ4v) is 2.49. The summed E-state index contributed by atoms with van der Waals surface area (Å²) in [6, 6.07) is 0.0138. The number of hydrogen-bond acceptors (Lipinski definition) is 5. The SMILES string of the molecule is COC(=O)C(C)(O)CN(C)C1CCCCC1O. The van der Waals surface area contributed by atoms with Gasteiger partial charge in [-0.3, -0.25) is 4.90 Å². The van der Waals surface area contributed by atoms with Crippen LogP contribution in [0, 0.1) is 0 Å². The van der Waals surface area contributed by atoms with Crippen molar-refractivity contribution in [3.63, 3.8) is 0 Å². The fraction of sp³-hybridized carbons (Fsp3) is 0.917. The summed E-state index contributed by atoms with van der Waals surface area (Å²) >= 11 is 0. The number of aliphatic hydroxyl groups excluding tert-OH is 1. The number of carbonyl (C=O) groups excluding carboxylic acids is 1. The smallest absolute Gasteiger partial charge is 0.338 e. The standard InChI is InChI=1S/C12H23NO4/c1-12(16,11(15)17-3)8-13(2)9-6-4-5-7-10(9)14/h9-10,14,16H,4-8H2,1-3H3. The lowest BCUT2D eigenvalue weighted by molar-refractivity contribution is -0.163. The van der Waals surface area contributed by atoms with Crippen LogP contribution in [0.25, 0.3) is 0 Å². The van der Waals surface area contributed by atoms with Crippen LogP contribution in [0.1, 0.15) is 32.6 Å². The van der Waals surface area contributed by atoms with Crippen molar-refractivity contribution in [2.75, 3.05) is 20.7 Å². The normalized spacial score (nSPS) is 28.8. The number of hydrogen-bond donors (Lipinski definition) is 2. The number of nitrogens with zero attached hydrogens (tertiary/aromatic N) is 1. The number of methoxy groups -OCH3 is 1. The third-order valence-electron chi connectivity index (χ3n) is 3.44. The first-order valence-corrected chi connectivity index (χ1v) is 6.07. The molecule has 0 bridgehead atoms. The van der Waals surface area contributed by atoms with E-state index < -0.39 is 11.6 Å². The van der Waals surface area contributed by atoms with Crippen LogP contribution >= 0.6 is 0 Å². The Morgan fingerprint density at radius 3 is 2.59 bits per heavy atom. The lowest BCUT2D eigenvalue weighted by atomic mass is 9.91. The molecule has 100 valence electrons. The first-order chi connectivity index (χ1) is 7.88. The Labute approximate surface area is 102 Å². The van der Waals surface area contributed by atoms with Crippen LogP contribution in [0.2, 0.25) is 0 Å². The van der Waals surface area contributed by atoms with Crippen molar-refractivity contribution < 1.29 is 19.7 Å². The average Bonchev–Trinajstić information content (AvgIpc) is 2.27. The fourth-order valence-electron chi connectivity index (χ4n) is 2.49. The molecule has 2 N–H and O–H groups in total. The predicted molar refractivity (Wildman–Crippen MR) is 63.5 cm³/mol. The van der Waals surface area contributed by atoms with Gasteiger partial charge in [0.1, 0.15) is 0 Å². The van der Waals surface area contributed by atoms with Crippen LogP contribution in [0.5, 0.6) is 0 Å². The number of esters is 1. The Bertz CT molecular complexity index is 267. The summed E-state index contributed by atoms with van der Waals surface area (Å²) in [5.74, 6) is -0.644. The van der Waals surface area contributed by atoms with Crippen LogP contribution in [-0.2, 0) is 9.53 Å². The predicted octanol–water partition coefficient (Wildman–Crippen LogP) is 0.146. The highest BCUT2D eigenvalue weighted by atomic mass is 16.5. The summed E-state index contributed by atoms with van der Waals surface area (Å²) in [7, 11) is 3.07. The lowest BCUT2D eigenvalue weighted by Crippen LogP contribution is -2.52. The van der Waals surface area contributed by atoms with Gasteiger partial charge in [-0.1, -0.05) is 12.8 Å². The zero-order valence-corrected chi connectivity index (χ0v) is 10.8. The molecule has 5 heteroatoms. The highest BCUT2D eigenvalue weighted by molar-refractivity contribution is 5.78. The maximum atomic E-state index is 11.4. The molecule has 0 spiro atoms. The quantitative estimate of drug-likeness (QED) is 0.690. The molecule has 0 amide bonds. The van der Waals surface area contributed by atoms with E-state index in [0.29, 0.717) is 0 Å². The van der Waals surface area contributed by atoms with Crippen molar-refractivity contribution in [3.05, 3.63) is 0 Å². The minimum Gasteiger partial charge on any atom is -0.467 e. The van der Waals surface area contributed by atoms with E-state index >= 15 is 0 Å². The molecule has 1 saturated carbocycles. The van der Waals surface area contributed by atoms with Crippen LogP contribution < -0.4 is 0 Å². The van der Waals surface area contributed by atoms with Gasteiger partial charge in [-0.25, -0.2) is 4.79 Å². The molecule has 3 atom stereocenters. The van der Waals surface area contributed by atoms with Gasteiger partial charge in [0.25, 0.3) is 0 Å². The third kappa shape index (κ3) is 3.66. The van der Waals surface area contributed by atoms with Crippen molar-refractivity contribution >= 4 is 5.97 Å². The molecule has 17 heavy (non-hydrogen) atoms. The number of rotatable bonds is 4. The Balaban J connectivity index is 2.58. The maximum Gasteiger partial charge on any atom is 0.338 e. The average molecular weight is 245 g/mol. The molecule has 1 rings (SSSR count). The summed E-state index contributed by atoms with van der Waals surface area (Å²) in [5, 5.41) is 19.9. The zero-order chi connectivity index (χ0) is 13.1. The monoisotopic (exact) mass is 245 g/mol. The molecule has 0 aromatic carbocycles. The lowest BCUT2D eigenvalue weighted by Gasteiger charge is -2.37. The van der Waals surface area contributed by atoms with Gasteiger partial charge in [0.05, 0.1) is 13.2 Å². The van der Waals surface area contributed by atoms with Gasteiger partial charge in [0.2, 0.25) is 0 Å². The summed E-state index contributed by atoms with van der Waals surface area (Å²) < 4.78 is 4.55. The molecule has 5 nitrogen and oxygen atoms in total. The molecule has 0 aromatic rings. The van der Waals surface area contributed by atoms with Gasteiger partial charge in [-0.15, -0.1) is 0 Å². The van der Waals surface area contributed by atoms with Crippen molar-refractivity contribution in [1.82, 2.24) is 4.90 Å². The van der Waals surface area contributed by atoms with Crippen molar-refractivity contribution in [1.29, 1.82) is 0 Å². The largest absolute Gasteiger partial charge is 0.467 e. The van der Waals surface area contributed by atoms with Crippen molar-refractivity contribution in [2.45, 2.75) is 50.4 Å². The van der Waals surface area contributed by atoms with Crippen LogP contribution in [0.3, 0.4) is 0 Å². The van der Waals surface area contributed by atoms with E-state index in [2.05, 4.69) is 4.74 Å². The van der Waals surface area contributed by atoms with Gasteiger partial charge < -0.3 is 14.9 Å². The third-order valence-corrected chi connectivity index (χ3v) is 3.44. The highest BCUT2D eigenvalue weighted by Gasteiger charge is 2.36. The molecule has 1 aliphatic rings. The second-order valence-corrected chi connectivity index (χ2v) is 5.10. The first-order valence-electron chi connectivity index (χ1n) is 6.07. The first kappa shape index (κ1) is 14.4. The van der Waals surface area contributed by atoms with E-state index in [1.165, 1.54) is 14.0 Å². The Morgan fingerprint density at radius 2 is 2.06 bits per heavy atom. The summed E-state index contributed by atoms with van der Waals surface area (Å²) in [4.78, 5) is 13.2. The van der Waals surface area contributed by atoms with E-state index in [4.69, 9.17) is 0 Å². The van der Waals surface area contributed by atoms with E-state index in [0.717, 1.165) is 25.7 Å². The molecule has 1 fully saturated rings. The van der Waals surface area contributed by atoms with Gasteiger partial charge in [-0.05, 0) is 26.8 Å². The maximum absolute atomic E-state index is 11.4. The van der Waals surface area contributed by atoms with Gasteiger partial charge in [0, 0.05) is 12.6 Å². The highest BCUT2D eigenvalue weighted by Crippen LogP contribution is 2.23. The second-order valence-electron chi connectivity index (χ2n) is 5.10. The number of aliphatic hydroxyl groups is 2. The van der Waals surface area contributed by atoms with E-state index in [-0.39, 0.29) is 18.7 Å². The summed E-state index contributed by atoms with van der Waals surface area (Å²) in [6.45, 7) is 1.60. The number of likely N-dealkylation sites (N-methyl/N-ethyl adjacent to an activating group) is 1. The Hall–Kier alpha value is -0.650. The van der Waals surface area contributed by atoms with Crippen molar-refractivity contribution in [2.24, 2.45) is 0 Å². The molecule has 0 saturated heterocycles. The molecule has 0 aliphatic heterocycles. The Morgan fingerprint density at radius 1 is 1.47 bits per heavy atom. The molecule has 0 aromatic heterocycles. The van der Waals surface area contributed by atoms with Crippen LogP contribution in [0.15, 0.2) is 0 Å². The van der Waals surface area contributed by atoms with E-state index in [1.54, 1.807) is 0 Å². The molecule has 0 heterocycles. The van der Waals surface area contributed by atoms with E-state index in [9.17, 15) is 15.0 Å².